The largest absolute Gasteiger partial charge is 0.493 e. The quantitative estimate of drug-likeness (QED) is 0.0727. The number of halogens is 5. The van der Waals surface area contributed by atoms with Gasteiger partial charge in [0, 0.05) is 51.6 Å². The molecule has 0 unspecified atom stereocenters. The van der Waals surface area contributed by atoms with Crippen molar-refractivity contribution in [1.29, 1.82) is 0 Å². The van der Waals surface area contributed by atoms with Gasteiger partial charge in [0.25, 0.3) is 0 Å². The van der Waals surface area contributed by atoms with Crippen LogP contribution in [0.25, 0.3) is 0 Å². The zero-order valence-corrected chi connectivity index (χ0v) is 65.0. The van der Waals surface area contributed by atoms with Crippen LogP contribution >= 0.6 is 63.1 Å². The second-order valence-electron chi connectivity index (χ2n) is 33.1. The Kier molecular flexibility index (Phi) is 31.1. The maximum atomic E-state index is 6.04. The number of fused-ring (bicyclic) bond motifs is 15. The highest BCUT2D eigenvalue weighted by atomic mass is 32.1. The van der Waals surface area contributed by atoms with Gasteiger partial charge in [0.2, 0.25) is 0 Å². The minimum absolute atomic E-state index is 0. The SMILES string of the molecule is CCC12CCC(COc3ccc([S])cc3)(CC1)CC2.CCC12CCC(COc3ccc([S])cc3)(CC1)CC2.CCC12CCC(COc3ccc([S])cc3)(CC1)CC2.CCC12CCC(COc3ccc([S])cc3)(CC1)CC2.CCC12CCC(COc3ccc([S])cc3)(CC1)CC2.F.F.F.F.F. The minimum atomic E-state index is 0. The molecule has 555 valence electrons. The van der Waals surface area contributed by atoms with Crippen LogP contribution in [0, 0.1) is 54.1 Å². The summed E-state index contributed by atoms with van der Waals surface area (Å²) in [5.74, 6) is 4.87. The summed E-state index contributed by atoms with van der Waals surface area (Å²) in [4.78, 5) is 4.41. The van der Waals surface area contributed by atoms with Crippen LogP contribution < -0.4 is 23.7 Å². The van der Waals surface area contributed by atoms with Crippen LogP contribution in [0.15, 0.2) is 146 Å². The van der Waals surface area contributed by atoms with Gasteiger partial charge in [-0.1, -0.05) is 130 Å². The van der Waals surface area contributed by atoms with Crippen LogP contribution in [0.4, 0.5) is 23.5 Å². The molecule has 0 atom stereocenters. The van der Waals surface area contributed by atoms with E-state index in [0.29, 0.717) is 54.1 Å². The van der Waals surface area contributed by atoms with Gasteiger partial charge in [0.15, 0.2) is 0 Å². The molecule has 0 heterocycles. The first kappa shape index (κ1) is 84.8. The van der Waals surface area contributed by atoms with Crippen molar-refractivity contribution >= 4 is 63.1 Å². The van der Waals surface area contributed by atoms with Gasteiger partial charge in [-0.15, -0.1) is 0 Å². The van der Waals surface area contributed by atoms with Gasteiger partial charge in [-0.2, -0.15) is 0 Å². The van der Waals surface area contributed by atoms with E-state index in [9.17, 15) is 0 Å². The van der Waals surface area contributed by atoms with E-state index in [1.54, 1.807) is 0 Å². The zero-order chi connectivity index (χ0) is 66.7. The fraction of sp³-hybridized carbons (Fsp3) is 0.647. The van der Waals surface area contributed by atoms with Crippen LogP contribution in [0.2, 0.25) is 0 Å². The molecule has 15 heteroatoms. The molecular weight excluding hydrogens is 1360 g/mol. The summed E-state index contributed by atoms with van der Waals surface area (Å²) in [5.41, 5.74) is 5.74. The summed E-state index contributed by atoms with van der Waals surface area (Å²) in [6.07, 6.45) is 48.5. The Morgan fingerprint density at radius 1 is 0.190 bits per heavy atom. The van der Waals surface area contributed by atoms with E-state index in [4.69, 9.17) is 86.8 Å². The summed E-state index contributed by atoms with van der Waals surface area (Å²) in [7, 11) is 0. The lowest BCUT2D eigenvalue weighted by Crippen LogP contribution is -2.44. The van der Waals surface area contributed by atoms with E-state index in [1.165, 1.54) is 225 Å². The number of hydrogen-bond acceptors (Lipinski definition) is 5. The molecule has 0 amide bonds. The third-order valence-corrected chi connectivity index (χ3v) is 29.7. The molecule has 0 N–H and O–H groups in total. The van der Waals surface area contributed by atoms with Crippen LogP contribution in [-0.4, -0.2) is 33.0 Å². The van der Waals surface area contributed by atoms with Crippen LogP contribution in [0.3, 0.4) is 0 Å². The molecule has 15 fully saturated rings. The fourth-order valence-corrected chi connectivity index (χ4v) is 20.0. The topological polar surface area (TPSA) is 46.2 Å². The van der Waals surface area contributed by atoms with Crippen molar-refractivity contribution in [3.63, 3.8) is 0 Å². The van der Waals surface area contributed by atoms with Crippen molar-refractivity contribution in [2.24, 2.45) is 54.1 Å². The van der Waals surface area contributed by atoms with E-state index < -0.39 is 0 Å². The lowest BCUT2D eigenvalue weighted by atomic mass is 9.53. The Balaban J connectivity index is 0.000000194. The predicted octanol–water partition coefficient (Wildman–Crippen LogP) is 27.6. The Hall–Kier alpha value is -4.15. The van der Waals surface area contributed by atoms with Crippen molar-refractivity contribution in [2.45, 2.75) is 284 Å². The summed E-state index contributed by atoms with van der Waals surface area (Å²) in [5, 5.41) is 0. The van der Waals surface area contributed by atoms with E-state index >= 15 is 0 Å². The van der Waals surface area contributed by atoms with Gasteiger partial charge in [0.1, 0.15) is 28.7 Å². The van der Waals surface area contributed by atoms with Crippen molar-refractivity contribution in [2.75, 3.05) is 33.0 Å². The Morgan fingerprint density at radius 2 is 0.290 bits per heavy atom. The lowest BCUT2D eigenvalue weighted by Gasteiger charge is -2.53. The summed E-state index contributed by atoms with van der Waals surface area (Å²) in [6.45, 7) is 16.3. The van der Waals surface area contributed by atoms with Crippen molar-refractivity contribution < 1.29 is 47.2 Å². The molecule has 0 saturated heterocycles. The predicted molar refractivity (Wildman–Crippen MR) is 416 cm³/mol. The number of hydrogen-bond donors (Lipinski definition) is 0. The Morgan fingerprint density at radius 3 is 0.390 bits per heavy atom. The first-order chi connectivity index (χ1) is 45.8. The smallest absolute Gasteiger partial charge is 0.119 e. The minimum Gasteiger partial charge on any atom is -0.493 e. The highest BCUT2D eigenvalue weighted by molar-refractivity contribution is 7.81. The normalized spacial score (nSPS) is 31.6. The van der Waals surface area contributed by atoms with Gasteiger partial charge < -0.3 is 23.7 Å². The number of ether oxygens (including phenoxy) is 5. The first-order valence-electron chi connectivity index (χ1n) is 37.8. The maximum absolute atomic E-state index is 6.04. The maximum Gasteiger partial charge on any atom is 0.119 e. The van der Waals surface area contributed by atoms with Crippen LogP contribution in [-0.2, 0) is 0 Å². The van der Waals surface area contributed by atoms with Crippen LogP contribution in [0.1, 0.15) is 259 Å². The van der Waals surface area contributed by atoms with Crippen molar-refractivity contribution in [3.05, 3.63) is 121 Å². The van der Waals surface area contributed by atoms with E-state index in [-0.39, 0.29) is 23.5 Å². The van der Waals surface area contributed by atoms with Gasteiger partial charge in [0.05, 0.1) is 33.0 Å². The van der Waals surface area contributed by atoms with Gasteiger partial charge >= 0.3 is 0 Å². The average Bonchev–Trinajstić information content (AvgIpc) is 0.799. The van der Waals surface area contributed by atoms with Crippen LogP contribution in [0.5, 0.6) is 28.7 Å². The molecule has 15 aliphatic carbocycles. The van der Waals surface area contributed by atoms with E-state index in [0.717, 1.165) is 86.3 Å². The van der Waals surface area contributed by atoms with Gasteiger partial charge in [-0.05, 0) is 341 Å². The standard InChI is InChI=1S/5C17H23OS.5FH/c5*1-2-16-7-10-17(11-8-16,12-9-16)13-18-14-3-5-15(19)6-4-14;;;;;/h5*3-6H,2,7-13H2,1H3;5*1H. The highest BCUT2D eigenvalue weighted by Crippen LogP contribution is 2.63. The Labute approximate surface area is 627 Å². The monoisotopic (exact) mass is 1480 g/mol. The Bertz CT molecular complexity index is 2590. The lowest BCUT2D eigenvalue weighted by molar-refractivity contribution is -0.0376. The fourth-order valence-electron chi connectivity index (χ4n) is 19.3. The zero-order valence-electron chi connectivity index (χ0n) is 61.0. The molecule has 5 nitrogen and oxygen atoms in total. The van der Waals surface area contributed by atoms with E-state index in [2.05, 4.69) is 34.6 Å². The summed E-state index contributed by atoms with van der Waals surface area (Å²) < 4.78 is 30.2. The van der Waals surface area contributed by atoms with Gasteiger partial charge in [-0.25, -0.2) is 0 Å². The van der Waals surface area contributed by atoms with Crippen molar-refractivity contribution in [3.8, 4) is 28.7 Å². The van der Waals surface area contributed by atoms with E-state index in [1.807, 2.05) is 121 Å². The molecule has 100 heavy (non-hydrogen) atoms. The second-order valence-corrected chi connectivity index (χ2v) is 35.4. The third kappa shape index (κ3) is 21.1. The summed E-state index contributed by atoms with van der Waals surface area (Å²) >= 11 is 25.5. The number of rotatable bonds is 20. The first-order valence-corrected chi connectivity index (χ1v) is 39.8. The molecule has 0 aromatic heterocycles. The average molecular weight is 1480 g/mol. The number of benzene rings is 5. The molecule has 5 aromatic carbocycles. The molecule has 15 saturated carbocycles. The third-order valence-electron chi connectivity index (χ3n) is 28.4. The highest BCUT2D eigenvalue weighted by Gasteiger charge is 2.52. The molecule has 0 spiro atoms. The molecule has 10 bridgehead atoms. The summed E-state index contributed by atoms with van der Waals surface area (Å²) in [6, 6.07) is 39.5. The molecule has 20 rings (SSSR count). The molecule has 5 aromatic rings. The second kappa shape index (κ2) is 36.7. The molecular formula is C85H120F5O5S5. The van der Waals surface area contributed by atoms with Gasteiger partial charge in [-0.3, -0.25) is 23.5 Å². The molecule has 15 aliphatic rings. The molecule has 5 radical (unpaired) electrons. The van der Waals surface area contributed by atoms with Crippen molar-refractivity contribution in [1.82, 2.24) is 0 Å². The molecule has 0 aliphatic heterocycles.